The molecule has 1 aromatic carbocycles. The lowest BCUT2D eigenvalue weighted by Gasteiger charge is -2.25. The van der Waals surface area contributed by atoms with E-state index in [1.165, 1.54) is 18.2 Å². The van der Waals surface area contributed by atoms with Gasteiger partial charge in [-0.05, 0) is 36.1 Å². The minimum absolute atomic E-state index is 0.179. The molecule has 1 aromatic rings. The molecule has 1 atom stereocenters. The van der Waals surface area contributed by atoms with Crippen molar-refractivity contribution in [2.45, 2.75) is 33.8 Å². The molecule has 0 fully saturated rings. The minimum atomic E-state index is -0.622. The average Bonchev–Trinajstić information content (AvgIpc) is 2.27. The normalized spacial score (nSPS) is 13.2. The first-order valence-electron chi connectivity index (χ1n) is 5.94. The van der Waals surface area contributed by atoms with Crippen LogP contribution in [0.25, 0.3) is 0 Å². The van der Waals surface area contributed by atoms with Crippen LogP contribution >= 0.6 is 0 Å². The standard InChI is InChI=1S/C14H20FNO2/c1-9-7-10(5-6-11(9)15)13(18)16-8-12(17)14(2,3)4/h5-7,12,17H,8H2,1-4H3,(H,16,18). The zero-order valence-electron chi connectivity index (χ0n) is 11.2. The van der Waals surface area contributed by atoms with E-state index in [0.29, 0.717) is 11.1 Å². The summed E-state index contributed by atoms with van der Waals surface area (Å²) in [5.41, 5.74) is 0.542. The van der Waals surface area contributed by atoms with Crippen molar-refractivity contribution >= 4 is 5.91 Å². The van der Waals surface area contributed by atoms with Gasteiger partial charge in [0.15, 0.2) is 0 Å². The van der Waals surface area contributed by atoms with E-state index in [2.05, 4.69) is 5.32 Å². The molecule has 1 rings (SSSR count). The minimum Gasteiger partial charge on any atom is -0.391 e. The number of benzene rings is 1. The van der Waals surface area contributed by atoms with Crippen molar-refractivity contribution < 1.29 is 14.3 Å². The van der Waals surface area contributed by atoms with Crippen LogP contribution in [0.1, 0.15) is 36.7 Å². The lowest BCUT2D eigenvalue weighted by Crippen LogP contribution is -2.39. The summed E-state index contributed by atoms with van der Waals surface area (Å²) in [4.78, 5) is 11.8. The van der Waals surface area contributed by atoms with Crippen LogP contribution in [0.4, 0.5) is 4.39 Å². The average molecular weight is 253 g/mol. The van der Waals surface area contributed by atoms with Crippen molar-refractivity contribution in [2.75, 3.05) is 6.54 Å². The fraction of sp³-hybridized carbons (Fsp3) is 0.500. The number of nitrogens with one attached hydrogen (secondary N) is 1. The fourth-order valence-corrected chi connectivity index (χ4v) is 1.38. The van der Waals surface area contributed by atoms with Crippen LogP contribution in [0.3, 0.4) is 0 Å². The molecule has 3 nitrogen and oxygen atoms in total. The number of amides is 1. The topological polar surface area (TPSA) is 49.3 Å². The van der Waals surface area contributed by atoms with Crippen molar-refractivity contribution in [3.63, 3.8) is 0 Å². The zero-order chi connectivity index (χ0) is 13.9. The van der Waals surface area contributed by atoms with Crippen LogP contribution in [-0.4, -0.2) is 23.7 Å². The molecular formula is C14H20FNO2. The first-order chi connectivity index (χ1) is 8.21. The molecule has 0 aliphatic carbocycles. The number of aryl methyl sites for hydroxylation is 1. The Kier molecular flexibility index (Phi) is 4.46. The highest BCUT2D eigenvalue weighted by molar-refractivity contribution is 5.94. The molecule has 0 aromatic heterocycles. The van der Waals surface area contributed by atoms with Gasteiger partial charge in [0.05, 0.1) is 6.10 Å². The number of rotatable bonds is 3. The van der Waals surface area contributed by atoms with Crippen LogP contribution in [0, 0.1) is 18.2 Å². The number of carbonyl (C=O) groups excluding carboxylic acids is 1. The van der Waals surface area contributed by atoms with E-state index < -0.39 is 6.10 Å². The molecule has 0 aliphatic heterocycles. The van der Waals surface area contributed by atoms with Gasteiger partial charge in [0.25, 0.3) is 5.91 Å². The van der Waals surface area contributed by atoms with Gasteiger partial charge in [-0.2, -0.15) is 0 Å². The third-order valence-corrected chi connectivity index (χ3v) is 2.88. The SMILES string of the molecule is Cc1cc(C(=O)NCC(O)C(C)(C)C)ccc1F. The molecule has 0 saturated heterocycles. The molecule has 0 spiro atoms. The predicted octanol–water partition coefficient (Wildman–Crippen LogP) is 2.27. The molecule has 0 saturated carbocycles. The van der Waals surface area contributed by atoms with Crippen LogP contribution in [-0.2, 0) is 0 Å². The van der Waals surface area contributed by atoms with Gasteiger partial charge >= 0.3 is 0 Å². The largest absolute Gasteiger partial charge is 0.391 e. The Morgan fingerprint density at radius 2 is 2.06 bits per heavy atom. The Morgan fingerprint density at radius 1 is 1.44 bits per heavy atom. The van der Waals surface area contributed by atoms with E-state index >= 15 is 0 Å². The molecule has 2 N–H and O–H groups in total. The van der Waals surface area contributed by atoms with Crippen LogP contribution in [0.15, 0.2) is 18.2 Å². The maximum atomic E-state index is 13.1. The van der Waals surface area contributed by atoms with Gasteiger partial charge in [0.2, 0.25) is 0 Å². The predicted molar refractivity (Wildman–Crippen MR) is 68.9 cm³/mol. The van der Waals surface area contributed by atoms with E-state index in [1.807, 2.05) is 20.8 Å². The van der Waals surface area contributed by atoms with Crippen LogP contribution in [0.5, 0.6) is 0 Å². The van der Waals surface area contributed by atoms with Crippen molar-refractivity contribution in [1.29, 1.82) is 0 Å². The molecule has 0 heterocycles. The Balaban J connectivity index is 2.63. The second kappa shape index (κ2) is 5.48. The molecule has 1 unspecified atom stereocenters. The Bertz CT molecular complexity index is 438. The maximum Gasteiger partial charge on any atom is 0.251 e. The smallest absolute Gasteiger partial charge is 0.251 e. The monoisotopic (exact) mass is 253 g/mol. The van der Waals surface area contributed by atoms with E-state index in [1.54, 1.807) is 6.92 Å². The summed E-state index contributed by atoms with van der Waals surface area (Å²) in [5, 5.41) is 12.4. The van der Waals surface area contributed by atoms with Gasteiger partial charge in [-0.1, -0.05) is 20.8 Å². The first-order valence-corrected chi connectivity index (χ1v) is 5.94. The number of aliphatic hydroxyl groups excluding tert-OH is 1. The summed E-state index contributed by atoms with van der Waals surface area (Å²) >= 11 is 0. The molecule has 18 heavy (non-hydrogen) atoms. The summed E-state index contributed by atoms with van der Waals surface area (Å²) in [6, 6.07) is 4.19. The Hall–Kier alpha value is -1.42. The third kappa shape index (κ3) is 3.81. The first kappa shape index (κ1) is 14.6. The van der Waals surface area contributed by atoms with Gasteiger partial charge in [0.1, 0.15) is 5.82 Å². The second-order valence-corrected chi connectivity index (χ2v) is 5.56. The number of carbonyl (C=O) groups is 1. The maximum absolute atomic E-state index is 13.1. The molecule has 4 heteroatoms. The molecule has 0 aliphatic rings. The van der Waals surface area contributed by atoms with Gasteiger partial charge in [-0.25, -0.2) is 4.39 Å². The zero-order valence-corrected chi connectivity index (χ0v) is 11.2. The molecule has 1 amide bonds. The van der Waals surface area contributed by atoms with E-state index in [0.717, 1.165) is 0 Å². The highest BCUT2D eigenvalue weighted by atomic mass is 19.1. The van der Waals surface area contributed by atoms with Gasteiger partial charge in [0, 0.05) is 12.1 Å². The number of aliphatic hydroxyl groups is 1. The summed E-state index contributed by atoms with van der Waals surface area (Å²) in [6.45, 7) is 7.47. The molecule has 0 bridgehead atoms. The second-order valence-electron chi connectivity index (χ2n) is 5.56. The van der Waals surface area contributed by atoms with Crippen molar-refractivity contribution in [3.05, 3.63) is 35.1 Å². The highest BCUT2D eigenvalue weighted by Gasteiger charge is 2.22. The fourth-order valence-electron chi connectivity index (χ4n) is 1.38. The molecular weight excluding hydrogens is 233 g/mol. The van der Waals surface area contributed by atoms with E-state index in [4.69, 9.17) is 0 Å². The summed E-state index contributed by atoms with van der Waals surface area (Å²) < 4.78 is 13.1. The quantitative estimate of drug-likeness (QED) is 0.868. The Labute approximate surface area is 107 Å². The third-order valence-electron chi connectivity index (χ3n) is 2.88. The molecule has 0 radical (unpaired) electrons. The van der Waals surface area contributed by atoms with E-state index in [9.17, 15) is 14.3 Å². The van der Waals surface area contributed by atoms with Gasteiger partial charge in [-0.3, -0.25) is 4.79 Å². The van der Waals surface area contributed by atoms with Crippen LogP contribution in [0.2, 0.25) is 0 Å². The Morgan fingerprint density at radius 3 is 2.56 bits per heavy atom. The van der Waals surface area contributed by atoms with Crippen molar-refractivity contribution in [1.82, 2.24) is 5.32 Å². The number of hydrogen-bond donors (Lipinski definition) is 2. The number of hydrogen-bond acceptors (Lipinski definition) is 2. The number of halogens is 1. The summed E-state index contributed by atoms with van der Waals surface area (Å²) in [5.74, 6) is -0.636. The van der Waals surface area contributed by atoms with Gasteiger partial charge in [-0.15, -0.1) is 0 Å². The van der Waals surface area contributed by atoms with E-state index in [-0.39, 0.29) is 23.7 Å². The van der Waals surface area contributed by atoms with Crippen LogP contribution < -0.4 is 5.32 Å². The molecule has 100 valence electrons. The summed E-state index contributed by atoms with van der Waals surface area (Å²) in [7, 11) is 0. The van der Waals surface area contributed by atoms with Gasteiger partial charge < -0.3 is 10.4 Å². The lowest BCUT2D eigenvalue weighted by atomic mass is 9.89. The lowest BCUT2D eigenvalue weighted by molar-refractivity contribution is 0.0587. The highest BCUT2D eigenvalue weighted by Crippen LogP contribution is 2.18. The van der Waals surface area contributed by atoms with Crippen molar-refractivity contribution in [2.24, 2.45) is 5.41 Å². The van der Waals surface area contributed by atoms with Crippen molar-refractivity contribution in [3.8, 4) is 0 Å². The summed E-state index contributed by atoms with van der Waals surface area (Å²) in [6.07, 6.45) is -0.622.